The SMILES string of the molecule is C1CCNC1.C=C(C)C(=O)O. The molecule has 3 nitrogen and oxygen atoms in total. The Kier molecular flexibility index (Phi) is 5.47. The Morgan fingerprint density at radius 1 is 1.45 bits per heavy atom. The number of carbonyl (C=O) groups is 1. The van der Waals surface area contributed by atoms with Gasteiger partial charge in [-0.1, -0.05) is 6.58 Å². The van der Waals surface area contributed by atoms with Crippen LogP contribution in [0.3, 0.4) is 0 Å². The summed E-state index contributed by atoms with van der Waals surface area (Å²) in [5.74, 6) is -0.935. The van der Waals surface area contributed by atoms with E-state index in [4.69, 9.17) is 5.11 Å². The van der Waals surface area contributed by atoms with Crippen LogP contribution >= 0.6 is 0 Å². The van der Waals surface area contributed by atoms with Gasteiger partial charge in [-0.3, -0.25) is 0 Å². The molecule has 0 saturated carbocycles. The maximum Gasteiger partial charge on any atom is 0.330 e. The van der Waals surface area contributed by atoms with Gasteiger partial charge in [-0.15, -0.1) is 0 Å². The third-order valence-corrected chi connectivity index (χ3v) is 1.32. The molecule has 0 spiro atoms. The van der Waals surface area contributed by atoms with Crippen LogP contribution in [0.4, 0.5) is 0 Å². The third kappa shape index (κ3) is 7.06. The van der Waals surface area contributed by atoms with Gasteiger partial charge in [0.1, 0.15) is 0 Å². The van der Waals surface area contributed by atoms with Gasteiger partial charge in [-0.25, -0.2) is 4.79 Å². The molecule has 1 rings (SSSR count). The first-order chi connectivity index (χ1) is 5.14. The van der Waals surface area contributed by atoms with Crippen LogP contribution in [0.15, 0.2) is 12.2 Å². The maximum atomic E-state index is 9.60. The van der Waals surface area contributed by atoms with Crippen molar-refractivity contribution in [2.75, 3.05) is 13.1 Å². The van der Waals surface area contributed by atoms with Crippen LogP contribution in [0.1, 0.15) is 19.8 Å². The maximum absolute atomic E-state index is 9.60. The second kappa shape index (κ2) is 5.92. The number of nitrogens with one attached hydrogen (secondary N) is 1. The van der Waals surface area contributed by atoms with Gasteiger partial charge in [0.25, 0.3) is 0 Å². The van der Waals surface area contributed by atoms with Crippen molar-refractivity contribution in [1.82, 2.24) is 5.32 Å². The van der Waals surface area contributed by atoms with Gasteiger partial charge in [0.05, 0.1) is 0 Å². The average Bonchev–Trinajstić information content (AvgIpc) is 2.41. The van der Waals surface area contributed by atoms with Crippen LogP contribution in [-0.4, -0.2) is 24.2 Å². The van der Waals surface area contributed by atoms with Crippen LogP contribution in [0.5, 0.6) is 0 Å². The molecule has 11 heavy (non-hydrogen) atoms. The normalized spacial score (nSPS) is 15.0. The zero-order valence-corrected chi connectivity index (χ0v) is 6.89. The van der Waals surface area contributed by atoms with Crippen LogP contribution < -0.4 is 5.32 Å². The van der Waals surface area contributed by atoms with E-state index in [2.05, 4.69) is 11.9 Å². The van der Waals surface area contributed by atoms with Crippen molar-refractivity contribution in [1.29, 1.82) is 0 Å². The summed E-state index contributed by atoms with van der Waals surface area (Å²) in [6.45, 7) is 7.10. The second-order valence-corrected chi connectivity index (χ2v) is 2.54. The first-order valence-electron chi connectivity index (χ1n) is 3.74. The summed E-state index contributed by atoms with van der Waals surface area (Å²) < 4.78 is 0. The first-order valence-corrected chi connectivity index (χ1v) is 3.74. The molecule has 64 valence electrons. The molecule has 1 fully saturated rings. The zero-order chi connectivity index (χ0) is 8.69. The smallest absolute Gasteiger partial charge is 0.330 e. The average molecular weight is 157 g/mol. The van der Waals surface area contributed by atoms with E-state index in [0.717, 1.165) is 0 Å². The van der Waals surface area contributed by atoms with Gasteiger partial charge in [0, 0.05) is 5.57 Å². The topological polar surface area (TPSA) is 49.3 Å². The molecule has 1 aliphatic rings. The summed E-state index contributed by atoms with van der Waals surface area (Å²) in [6.07, 6.45) is 2.78. The standard InChI is InChI=1S/C4H9N.C4H6O2/c1-2-4-5-3-1;1-3(2)4(5)6/h5H,1-4H2;1H2,2H3,(H,5,6). The molecular weight excluding hydrogens is 142 g/mol. The van der Waals surface area contributed by atoms with Crippen molar-refractivity contribution in [2.45, 2.75) is 19.8 Å². The van der Waals surface area contributed by atoms with Crippen molar-refractivity contribution >= 4 is 5.97 Å². The fourth-order valence-electron chi connectivity index (χ4n) is 0.625. The lowest BCUT2D eigenvalue weighted by Crippen LogP contribution is -2.03. The number of hydrogen-bond acceptors (Lipinski definition) is 2. The van der Waals surface area contributed by atoms with E-state index in [1.807, 2.05) is 0 Å². The van der Waals surface area contributed by atoms with Gasteiger partial charge in [-0.05, 0) is 32.9 Å². The van der Waals surface area contributed by atoms with Crippen LogP contribution in [0.2, 0.25) is 0 Å². The summed E-state index contributed by atoms with van der Waals surface area (Å²) in [6, 6.07) is 0. The van der Waals surface area contributed by atoms with E-state index in [1.54, 1.807) is 0 Å². The van der Waals surface area contributed by atoms with Crippen LogP contribution in [0.25, 0.3) is 0 Å². The highest BCUT2D eigenvalue weighted by Crippen LogP contribution is 1.90. The Hall–Kier alpha value is -0.830. The number of aliphatic carboxylic acids is 1. The molecule has 0 amide bonds. The molecule has 1 aliphatic heterocycles. The molecule has 1 heterocycles. The van der Waals surface area contributed by atoms with E-state index < -0.39 is 5.97 Å². The predicted octanol–water partition coefficient (Wildman–Crippen LogP) is 1.02. The molecule has 0 aliphatic carbocycles. The van der Waals surface area contributed by atoms with Crippen molar-refractivity contribution in [2.24, 2.45) is 0 Å². The molecule has 0 radical (unpaired) electrons. The van der Waals surface area contributed by atoms with Crippen LogP contribution in [-0.2, 0) is 4.79 Å². The minimum absolute atomic E-state index is 0.176. The van der Waals surface area contributed by atoms with Crippen molar-refractivity contribution in [3.63, 3.8) is 0 Å². The zero-order valence-electron chi connectivity index (χ0n) is 6.89. The number of hydrogen-bond donors (Lipinski definition) is 2. The minimum atomic E-state index is -0.935. The Bertz CT molecular complexity index is 119. The van der Waals surface area contributed by atoms with E-state index in [0.29, 0.717) is 0 Å². The summed E-state index contributed by atoms with van der Waals surface area (Å²) in [7, 11) is 0. The summed E-state index contributed by atoms with van der Waals surface area (Å²) >= 11 is 0. The fraction of sp³-hybridized carbons (Fsp3) is 0.625. The van der Waals surface area contributed by atoms with Gasteiger partial charge in [0.2, 0.25) is 0 Å². The van der Waals surface area contributed by atoms with Gasteiger partial charge in [0.15, 0.2) is 0 Å². The fourth-order valence-corrected chi connectivity index (χ4v) is 0.625. The molecule has 3 heteroatoms. The van der Waals surface area contributed by atoms with E-state index in [-0.39, 0.29) is 5.57 Å². The molecule has 0 aromatic rings. The summed E-state index contributed by atoms with van der Waals surface area (Å²) in [4.78, 5) is 9.60. The van der Waals surface area contributed by atoms with Crippen molar-refractivity contribution in [3.05, 3.63) is 12.2 Å². The van der Waals surface area contributed by atoms with Crippen molar-refractivity contribution < 1.29 is 9.90 Å². The third-order valence-electron chi connectivity index (χ3n) is 1.32. The number of carboxylic acids is 1. The number of rotatable bonds is 1. The van der Waals surface area contributed by atoms with Gasteiger partial charge in [-0.2, -0.15) is 0 Å². The molecule has 0 bridgehead atoms. The number of carboxylic acid groups (broad SMARTS) is 1. The van der Waals surface area contributed by atoms with Gasteiger partial charge >= 0.3 is 5.97 Å². The van der Waals surface area contributed by atoms with E-state index >= 15 is 0 Å². The monoisotopic (exact) mass is 157 g/mol. The Morgan fingerprint density at radius 3 is 1.91 bits per heavy atom. The Morgan fingerprint density at radius 2 is 1.82 bits per heavy atom. The quantitative estimate of drug-likeness (QED) is 0.559. The van der Waals surface area contributed by atoms with Crippen molar-refractivity contribution in [3.8, 4) is 0 Å². The lowest BCUT2D eigenvalue weighted by atomic mass is 10.4. The van der Waals surface area contributed by atoms with Crippen LogP contribution in [0, 0.1) is 0 Å². The lowest BCUT2D eigenvalue weighted by Gasteiger charge is -1.79. The highest BCUT2D eigenvalue weighted by molar-refractivity contribution is 5.84. The molecule has 1 saturated heterocycles. The second-order valence-electron chi connectivity index (χ2n) is 2.54. The molecule has 0 atom stereocenters. The summed E-state index contributed by atoms with van der Waals surface area (Å²) in [5, 5.41) is 11.1. The predicted molar refractivity (Wildman–Crippen MR) is 44.6 cm³/mol. The lowest BCUT2D eigenvalue weighted by molar-refractivity contribution is -0.132. The molecule has 0 unspecified atom stereocenters. The first kappa shape index (κ1) is 10.2. The Balaban J connectivity index is 0.000000183. The molecule has 0 aromatic heterocycles. The highest BCUT2D eigenvalue weighted by Gasteiger charge is 1.93. The van der Waals surface area contributed by atoms with E-state index in [9.17, 15) is 4.79 Å². The van der Waals surface area contributed by atoms with Gasteiger partial charge < -0.3 is 10.4 Å². The molecule has 0 aromatic carbocycles. The summed E-state index contributed by atoms with van der Waals surface area (Å²) in [5.41, 5.74) is 0.176. The molecular formula is C8H15NO2. The minimum Gasteiger partial charge on any atom is -0.478 e. The highest BCUT2D eigenvalue weighted by atomic mass is 16.4. The van der Waals surface area contributed by atoms with E-state index in [1.165, 1.54) is 32.9 Å². The molecule has 2 N–H and O–H groups in total. The largest absolute Gasteiger partial charge is 0.478 e. The Labute approximate surface area is 67.1 Å².